The van der Waals surface area contributed by atoms with Gasteiger partial charge in [0.25, 0.3) is 0 Å². The van der Waals surface area contributed by atoms with E-state index in [-0.39, 0.29) is 16.8 Å². The number of carbonyl (C=O) groups is 1. The van der Waals surface area contributed by atoms with E-state index >= 15 is 0 Å². The van der Waals surface area contributed by atoms with Crippen LogP contribution in [0.3, 0.4) is 0 Å². The molecule has 0 N–H and O–H groups in total. The number of rotatable bonds is 3. The Bertz CT molecular complexity index is 939. The SMILES string of the molecule is Cc1ccc(-n2cccn2)cc1S(=O)(=O)N1C[C@H]2CCCN2C(=O)[C@H]1C. The van der Waals surface area contributed by atoms with Crippen LogP contribution in [-0.4, -0.2) is 58.5 Å². The zero-order chi connectivity index (χ0) is 18.5. The second-order valence-electron chi connectivity index (χ2n) is 6.98. The van der Waals surface area contributed by atoms with Gasteiger partial charge in [0.1, 0.15) is 6.04 Å². The third-order valence-corrected chi connectivity index (χ3v) is 7.45. The monoisotopic (exact) mass is 374 g/mol. The summed E-state index contributed by atoms with van der Waals surface area (Å²) in [4.78, 5) is 14.7. The maximum absolute atomic E-state index is 13.4. The molecule has 2 saturated heterocycles. The molecule has 0 aliphatic carbocycles. The Kier molecular flexibility index (Phi) is 4.11. The summed E-state index contributed by atoms with van der Waals surface area (Å²) in [5, 5.41) is 4.17. The Balaban J connectivity index is 1.74. The van der Waals surface area contributed by atoms with Crippen molar-refractivity contribution in [3.63, 3.8) is 0 Å². The van der Waals surface area contributed by atoms with E-state index in [0.717, 1.165) is 19.4 Å². The Morgan fingerprint density at radius 2 is 2.08 bits per heavy atom. The Labute approximate surface area is 153 Å². The van der Waals surface area contributed by atoms with Gasteiger partial charge >= 0.3 is 0 Å². The highest BCUT2D eigenvalue weighted by Gasteiger charge is 2.45. The Morgan fingerprint density at radius 1 is 1.27 bits per heavy atom. The number of nitrogens with zero attached hydrogens (tertiary/aromatic N) is 4. The molecule has 0 bridgehead atoms. The molecule has 2 aromatic rings. The van der Waals surface area contributed by atoms with Crippen LogP contribution in [0.25, 0.3) is 5.69 Å². The van der Waals surface area contributed by atoms with Crippen molar-refractivity contribution in [1.29, 1.82) is 0 Å². The van der Waals surface area contributed by atoms with E-state index in [9.17, 15) is 13.2 Å². The van der Waals surface area contributed by atoms with Gasteiger partial charge in [-0.3, -0.25) is 4.79 Å². The van der Waals surface area contributed by atoms with Gasteiger partial charge in [0.15, 0.2) is 0 Å². The van der Waals surface area contributed by atoms with E-state index in [1.165, 1.54) is 4.31 Å². The smallest absolute Gasteiger partial charge is 0.244 e. The van der Waals surface area contributed by atoms with E-state index in [0.29, 0.717) is 17.8 Å². The summed E-state index contributed by atoms with van der Waals surface area (Å²) >= 11 is 0. The van der Waals surface area contributed by atoms with Crippen LogP contribution >= 0.6 is 0 Å². The summed E-state index contributed by atoms with van der Waals surface area (Å²) in [6, 6.07) is 6.35. The van der Waals surface area contributed by atoms with E-state index in [4.69, 9.17) is 0 Å². The van der Waals surface area contributed by atoms with Gasteiger partial charge in [0.05, 0.1) is 10.6 Å². The molecule has 2 aliphatic rings. The summed E-state index contributed by atoms with van der Waals surface area (Å²) < 4.78 is 29.8. The topological polar surface area (TPSA) is 75.5 Å². The maximum atomic E-state index is 13.4. The van der Waals surface area contributed by atoms with Gasteiger partial charge in [-0.1, -0.05) is 6.07 Å². The van der Waals surface area contributed by atoms with Crippen LogP contribution in [0.5, 0.6) is 0 Å². The number of hydrogen-bond donors (Lipinski definition) is 0. The van der Waals surface area contributed by atoms with Crippen molar-refractivity contribution in [2.75, 3.05) is 13.1 Å². The molecule has 2 atom stereocenters. The molecule has 0 unspecified atom stereocenters. The van der Waals surface area contributed by atoms with Crippen molar-refractivity contribution in [2.45, 2.75) is 43.7 Å². The normalized spacial score (nSPS) is 24.1. The molecular formula is C18H22N4O3S. The molecule has 2 aliphatic heterocycles. The molecule has 138 valence electrons. The van der Waals surface area contributed by atoms with Gasteiger partial charge in [-0.2, -0.15) is 9.40 Å². The predicted molar refractivity (Wildman–Crippen MR) is 96.4 cm³/mol. The van der Waals surface area contributed by atoms with Gasteiger partial charge in [-0.05, 0) is 50.5 Å². The molecule has 7 nitrogen and oxygen atoms in total. The Morgan fingerprint density at radius 3 is 2.81 bits per heavy atom. The van der Waals surface area contributed by atoms with Crippen molar-refractivity contribution in [3.05, 3.63) is 42.2 Å². The molecule has 1 aromatic carbocycles. The predicted octanol–water partition coefficient (Wildman–Crippen LogP) is 1.56. The van der Waals surface area contributed by atoms with Gasteiger partial charge in [0.2, 0.25) is 15.9 Å². The minimum Gasteiger partial charge on any atom is -0.337 e. The molecule has 8 heteroatoms. The van der Waals surface area contributed by atoms with Gasteiger partial charge in [-0.15, -0.1) is 0 Å². The first kappa shape index (κ1) is 17.2. The largest absolute Gasteiger partial charge is 0.337 e. The summed E-state index contributed by atoms with van der Waals surface area (Å²) in [6.45, 7) is 4.55. The van der Waals surface area contributed by atoms with Crippen LogP contribution in [0, 0.1) is 6.92 Å². The lowest BCUT2D eigenvalue weighted by Crippen LogP contribution is -2.59. The fraction of sp³-hybridized carbons (Fsp3) is 0.444. The number of piperazine rings is 1. The minimum atomic E-state index is -3.78. The lowest BCUT2D eigenvalue weighted by molar-refractivity contribution is -0.139. The molecule has 1 amide bonds. The highest BCUT2D eigenvalue weighted by atomic mass is 32.2. The quantitative estimate of drug-likeness (QED) is 0.817. The summed E-state index contributed by atoms with van der Waals surface area (Å²) in [5.41, 5.74) is 1.34. The van der Waals surface area contributed by atoms with Crippen LogP contribution in [0.1, 0.15) is 25.3 Å². The minimum absolute atomic E-state index is 0.0110. The average Bonchev–Trinajstić information content (AvgIpc) is 3.29. The first-order valence-electron chi connectivity index (χ1n) is 8.82. The first-order chi connectivity index (χ1) is 12.4. The number of aryl methyl sites for hydroxylation is 1. The van der Waals surface area contributed by atoms with Crippen molar-refractivity contribution in [2.24, 2.45) is 0 Å². The third kappa shape index (κ3) is 2.64. The lowest BCUT2D eigenvalue weighted by Gasteiger charge is -2.40. The van der Waals surface area contributed by atoms with Crippen LogP contribution in [0.15, 0.2) is 41.6 Å². The zero-order valence-corrected chi connectivity index (χ0v) is 15.7. The van der Waals surface area contributed by atoms with Gasteiger partial charge in [-0.25, -0.2) is 13.1 Å². The molecule has 26 heavy (non-hydrogen) atoms. The second kappa shape index (κ2) is 6.21. The van der Waals surface area contributed by atoms with Gasteiger partial charge < -0.3 is 4.90 Å². The Hall–Kier alpha value is -2.19. The molecule has 1 aromatic heterocycles. The summed E-state index contributed by atoms with van der Waals surface area (Å²) in [7, 11) is -3.78. The van der Waals surface area contributed by atoms with E-state index in [2.05, 4.69) is 5.10 Å². The molecule has 0 radical (unpaired) electrons. The zero-order valence-electron chi connectivity index (χ0n) is 14.9. The number of hydrogen-bond acceptors (Lipinski definition) is 4. The fourth-order valence-corrected chi connectivity index (χ4v) is 5.78. The van der Waals surface area contributed by atoms with Crippen molar-refractivity contribution < 1.29 is 13.2 Å². The van der Waals surface area contributed by atoms with Crippen molar-refractivity contribution in [3.8, 4) is 5.69 Å². The fourth-order valence-electron chi connectivity index (χ4n) is 3.91. The van der Waals surface area contributed by atoms with Crippen LogP contribution in [-0.2, 0) is 14.8 Å². The van der Waals surface area contributed by atoms with Crippen LogP contribution in [0.2, 0.25) is 0 Å². The number of sulfonamides is 1. The van der Waals surface area contributed by atoms with Gasteiger partial charge in [0, 0.05) is 31.5 Å². The summed E-state index contributed by atoms with van der Waals surface area (Å²) in [6.07, 6.45) is 5.21. The standard InChI is InChI=1S/C18H22N4O3S/c1-13-6-7-15(21-10-4-8-19-21)11-17(13)26(24,25)22-12-16-5-3-9-20(16)18(23)14(22)2/h4,6-8,10-11,14,16H,3,5,9,12H2,1-2H3/t14-,16-/m1/s1. The molecular weight excluding hydrogens is 352 g/mol. The van der Waals surface area contributed by atoms with E-state index in [1.54, 1.807) is 49.1 Å². The first-order valence-corrected chi connectivity index (χ1v) is 10.3. The van der Waals surface area contributed by atoms with Crippen LogP contribution in [0.4, 0.5) is 0 Å². The molecule has 4 rings (SSSR count). The van der Waals surface area contributed by atoms with E-state index in [1.807, 2.05) is 11.0 Å². The molecule has 0 saturated carbocycles. The summed E-state index contributed by atoms with van der Waals surface area (Å²) in [5.74, 6) is -0.0943. The number of carbonyl (C=O) groups excluding carboxylic acids is 1. The van der Waals surface area contributed by atoms with Crippen molar-refractivity contribution >= 4 is 15.9 Å². The maximum Gasteiger partial charge on any atom is 0.244 e. The molecule has 3 heterocycles. The molecule has 0 spiro atoms. The van der Waals surface area contributed by atoms with Crippen molar-refractivity contribution in [1.82, 2.24) is 19.0 Å². The lowest BCUT2D eigenvalue weighted by atomic mass is 10.1. The van der Waals surface area contributed by atoms with Crippen LogP contribution < -0.4 is 0 Å². The average molecular weight is 374 g/mol. The number of aromatic nitrogens is 2. The molecule has 2 fully saturated rings. The number of benzene rings is 1. The highest BCUT2D eigenvalue weighted by molar-refractivity contribution is 7.89. The van der Waals surface area contributed by atoms with E-state index < -0.39 is 16.1 Å². The third-order valence-electron chi connectivity index (χ3n) is 5.37. The number of fused-ring (bicyclic) bond motifs is 1. The highest BCUT2D eigenvalue weighted by Crippen LogP contribution is 2.31. The second-order valence-corrected chi connectivity index (χ2v) is 8.84. The number of amides is 1.